The molecule has 0 spiro atoms. The first-order valence-corrected chi connectivity index (χ1v) is 15.8. The van der Waals surface area contributed by atoms with Gasteiger partial charge >= 0.3 is 0 Å². The van der Waals surface area contributed by atoms with Gasteiger partial charge in [-0.05, 0) is 113 Å². The molecule has 0 amide bonds. The molecule has 2 heteroatoms. The molecule has 0 aromatic carbocycles. The van der Waals surface area contributed by atoms with Gasteiger partial charge in [-0.3, -0.25) is 4.90 Å². The molecule has 0 aromatic heterocycles. The summed E-state index contributed by atoms with van der Waals surface area (Å²) in [7, 11) is 0. The van der Waals surface area contributed by atoms with Crippen LogP contribution in [-0.2, 0) is 0 Å². The van der Waals surface area contributed by atoms with Crippen LogP contribution in [0.15, 0.2) is 0 Å². The molecule has 6 aliphatic rings. The molecular weight excluding hydrogens is 400 g/mol. The van der Waals surface area contributed by atoms with Crippen molar-refractivity contribution in [1.29, 1.82) is 0 Å². The fourth-order valence-electron chi connectivity index (χ4n) is 10.2. The second-order valence-electron chi connectivity index (χ2n) is 13.8. The second kappa shape index (κ2) is 10.5. The number of fused-ring (bicyclic) bond motifs is 3. The van der Waals surface area contributed by atoms with E-state index in [1.165, 1.54) is 103 Å². The zero-order valence-electron chi connectivity index (χ0n) is 21.9. The molecule has 5 aliphatic carbocycles. The van der Waals surface area contributed by atoms with Crippen LogP contribution in [-0.4, -0.2) is 35.1 Å². The molecule has 1 aliphatic heterocycles. The van der Waals surface area contributed by atoms with Gasteiger partial charge in [0.05, 0.1) is 0 Å². The van der Waals surface area contributed by atoms with Crippen molar-refractivity contribution in [1.82, 2.24) is 10.2 Å². The minimum atomic E-state index is 0.865. The molecule has 2 nitrogen and oxygen atoms in total. The Morgan fingerprint density at radius 1 is 0.485 bits per heavy atom. The lowest BCUT2D eigenvalue weighted by Gasteiger charge is -2.51. The number of nitrogens with zero attached hydrogens (tertiary/aromatic N) is 1. The van der Waals surface area contributed by atoms with Gasteiger partial charge in [-0.25, -0.2) is 0 Å². The summed E-state index contributed by atoms with van der Waals surface area (Å²) in [5.41, 5.74) is 0. The van der Waals surface area contributed by atoms with Gasteiger partial charge in [-0.2, -0.15) is 0 Å². The highest BCUT2D eigenvalue weighted by Crippen LogP contribution is 2.47. The molecule has 5 saturated carbocycles. The lowest BCUT2D eigenvalue weighted by atomic mass is 9.69. The summed E-state index contributed by atoms with van der Waals surface area (Å²) >= 11 is 0. The van der Waals surface area contributed by atoms with Crippen LogP contribution in [0.25, 0.3) is 0 Å². The van der Waals surface area contributed by atoms with Crippen molar-refractivity contribution in [2.45, 2.75) is 166 Å². The zero-order valence-corrected chi connectivity index (χ0v) is 21.9. The molecule has 1 heterocycles. The van der Waals surface area contributed by atoms with E-state index in [2.05, 4.69) is 17.1 Å². The summed E-state index contributed by atoms with van der Waals surface area (Å²) in [6.07, 6.45) is 30.3. The summed E-state index contributed by atoms with van der Waals surface area (Å²) in [5.74, 6) is 5.15. The van der Waals surface area contributed by atoms with E-state index in [1.807, 2.05) is 0 Å². The van der Waals surface area contributed by atoms with Gasteiger partial charge < -0.3 is 5.32 Å². The van der Waals surface area contributed by atoms with Gasteiger partial charge in [0, 0.05) is 30.2 Å². The van der Waals surface area contributed by atoms with E-state index in [9.17, 15) is 0 Å². The molecule has 6 rings (SSSR count). The highest BCUT2D eigenvalue weighted by molar-refractivity contribution is 5.04. The highest BCUT2D eigenvalue weighted by atomic mass is 15.2. The standard InChI is InChI=1S/C31H54N2/c1-22-11-15-25(16-12-22)33(26-17-13-24(14-18-26)23-7-3-2-4-8-23)27-19-20-31-29(21-27)28-9-5-6-10-30(28)32-31/h22-32H,2-21H2,1H3. The average Bonchev–Trinajstić information content (AvgIpc) is 3.24. The Labute approximate surface area is 205 Å². The molecule has 5 atom stereocenters. The topological polar surface area (TPSA) is 15.3 Å². The Kier molecular flexibility index (Phi) is 7.42. The van der Waals surface area contributed by atoms with Crippen molar-refractivity contribution in [2.75, 3.05) is 0 Å². The van der Waals surface area contributed by atoms with E-state index in [-0.39, 0.29) is 0 Å². The van der Waals surface area contributed by atoms with Crippen LogP contribution in [0.5, 0.6) is 0 Å². The predicted octanol–water partition coefficient (Wildman–Crippen LogP) is 7.71. The van der Waals surface area contributed by atoms with E-state index < -0.39 is 0 Å². The Bertz CT molecular complexity index is 610. The van der Waals surface area contributed by atoms with Gasteiger partial charge in [0.15, 0.2) is 0 Å². The molecule has 6 fully saturated rings. The minimum Gasteiger partial charge on any atom is -0.311 e. The first-order chi connectivity index (χ1) is 16.3. The Morgan fingerprint density at radius 2 is 1.06 bits per heavy atom. The van der Waals surface area contributed by atoms with Crippen LogP contribution < -0.4 is 5.32 Å². The molecular formula is C31H54N2. The predicted molar refractivity (Wildman–Crippen MR) is 139 cm³/mol. The maximum atomic E-state index is 4.14. The van der Waals surface area contributed by atoms with Crippen LogP contribution in [0.1, 0.15) is 135 Å². The summed E-state index contributed by atoms with van der Waals surface area (Å²) in [6.45, 7) is 2.51. The average molecular weight is 455 g/mol. The maximum absolute atomic E-state index is 4.14. The zero-order chi connectivity index (χ0) is 22.2. The summed E-state index contributed by atoms with van der Waals surface area (Å²) < 4.78 is 0. The Hall–Kier alpha value is -0.0800. The summed E-state index contributed by atoms with van der Waals surface area (Å²) in [6, 6.07) is 4.48. The van der Waals surface area contributed by atoms with Gasteiger partial charge in [0.1, 0.15) is 0 Å². The van der Waals surface area contributed by atoms with Crippen LogP contribution in [0, 0.1) is 29.6 Å². The maximum Gasteiger partial charge on any atom is 0.0105 e. The molecule has 1 N–H and O–H groups in total. The first-order valence-electron chi connectivity index (χ1n) is 15.8. The van der Waals surface area contributed by atoms with Crippen molar-refractivity contribution in [3.8, 4) is 0 Å². The van der Waals surface area contributed by atoms with Crippen molar-refractivity contribution in [2.24, 2.45) is 29.6 Å². The smallest absolute Gasteiger partial charge is 0.0105 e. The normalized spacial score (nSPS) is 47.3. The van der Waals surface area contributed by atoms with Crippen LogP contribution in [0.3, 0.4) is 0 Å². The SMILES string of the molecule is CC1CCC(N(C2CCC(C3CCCCC3)CC2)C2CCC3NC4CCCCC4C3C2)CC1. The van der Waals surface area contributed by atoms with Crippen molar-refractivity contribution < 1.29 is 0 Å². The Balaban J connectivity index is 1.14. The van der Waals surface area contributed by atoms with Crippen molar-refractivity contribution in [3.05, 3.63) is 0 Å². The molecule has 0 aromatic rings. The third-order valence-electron chi connectivity index (χ3n) is 12.0. The summed E-state index contributed by atoms with van der Waals surface area (Å²) in [4.78, 5) is 3.25. The monoisotopic (exact) mass is 454 g/mol. The number of hydrogen-bond donors (Lipinski definition) is 1. The summed E-state index contributed by atoms with van der Waals surface area (Å²) in [5, 5.41) is 4.14. The van der Waals surface area contributed by atoms with Crippen molar-refractivity contribution >= 4 is 0 Å². The molecule has 1 saturated heterocycles. The number of hydrogen-bond acceptors (Lipinski definition) is 2. The van der Waals surface area contributed by atoms with E-state index in [0.29, 0.717) is 0 Å². The lowest BCUT2D eigenvalue weighted by molar-refractivity contribution is -0.00892. The van der Waals surface area contributed by atoms with Gasteiger partial charge in [-0.15, -0.1) is 0 Å². The molecule has 188 valence electrons. The van der Waals surface area contributed by atoms with E-state index in [1.54, 1.807) is 25.7 Å². The fourth-order valence-corrected chi connectivity index (χ4v) is 10.2. The van der Waals surface area contributed by atoms with Crippen LogP contribution >= 0.6 is 0 Å². The third kappa shape index (κ3) is 4.96. The van der Waals surface area contributed by atoms with Crippen LogP contribution in [0.4, 0.5) is 0 Å². The van der Waals surface area contributed by atoms with Crippen molar-refractivity contribution in [3.63, 3.8) is 0 Å². The Morgan fingerprint density at radius 3 is 1.82 bits per heavy atom. The molecule has 5 unspecified atom stereocenters. The number of nitrogens with one attached hydrogen (secondary N) is 1. The van der Waals surface area contributed by atoms with E-state index >= 15 is 0 Å². The molecule has 0 radical (unpaired) electrons. The van der Waals surface area contributed by atoms with Gasteiger partial charge in [0.2, 0.25) is 0 Å². The van der Waals surface area contributed by atoms with Gasteiger partial charge in [0.25, 0.3) is 0 Å². The van der Waals surface area contributed by atoms with Crippen LogP contribution in [0.2, 0.25) is 0 Å². The molecule has 0 bridgehead atoms. The lowest BCUT2D eigenvalue weighted by Crippen LogP contribution is -2.54. The van der Waals surface area contributed by atoms with Gasteiger partial charge in [-0.1, -0.05) is 51.9 Å². The highest BCUT2D eigenvalue weighted by Gasteiger charge is 2.48. The first kappa shape index (κ1) is 23.3. The van der Waals surface area contributed by atoms with E-state index in [4.69, 9.17) is 0 Å². The van der Waals surface area contributed by atoms with E-state index in [0.717, 1.165) is 59.8 Å². The second-order valence-corrected chi connectivity index (χ2v) is 13.8. The fraction of sp³-hybridized carbons (Fsp3) is 1.00. The third-order valence-corrected chi connectivity index (χ3v) is 12.0. The molecule has 33 heavy (non-hydrogen) atoms. The minimum absolute atomic E-state index is 0.865. The quantitative estimate of drug-likeness (QED) is 0.468. The number of rotatable bonds is 4. The largest absolute Gasteiger partial charge is 0.311 e.